The van der Waals surface area contributed by atoms with Crippen LogP contribution in [0.4, 0.5) is 0 Å². The summed E-state index contributed by atoms with van der Waals surface area (Å²) in [4.78, 5) is -0.706. The molecule has 11 heavy (non-hydrogen) atoms. The lowest BCUT2D eigenvalue weighted by atomic mass is 10.2. The first-order valence-electron chi connectivity index (χ1n) is 3.66. The maximum absolute atomic E-state index is 5.81. The average Bonchev–Trinajstić information content (AvgIpc) is 1.88. The summed E-state index contributed by atoms with van der Waals surface area (Å²) in [6, 6.07) is 0. The maximum Gasteiger partial charge on any atom is 0.148 e. The van der Waals surface area contributed by atoms with Gasteiger partial charge >= 0.3 is 0 Å². The molecule has 0 aromatic rings. The third kappa shape index (κ3) is 5.41. The molecule has 0 unspecified atom stereocenters. The molecular weight excluding hydrogens is 226 g/mol. The van der Waals surface area contributed by atoms with Gasteiger partial charge in [-0.1, -0.05) is 49.4 Å². The fourth-order valence-electron chi connectivity index (χ4n) is 0.720. The van der Waals surface area contributed by atoms with E-state index in [9.17, 15) is 0 Å². The van der Waals surface area contributed by atoms with Crippen LogP contribution in [-0.2, 0) is 0 Å². The van der Waals surface area contributed by atoms with Crippen molar-refractivity contribution in [2.75, 3.05) is 0 Å². The van der Waals surface area contributed by atoms with Crippen molar-refractivity contribution in [2.24, 2.45) is 0 Å². The van der Waals surface area contributed by atoms with E-state index in [-0.39, 0.29) is 0 Å². The monoisotopic (exact) mass is 236 g/mol. The number of alkyl halides is 4. The molecule has 68 valence electrons. The third-order valence-electron chi connectivity index (χ3n) is 1.43. The van der Waals surface area contributed by atoms with Crippen molar-refractivity contribution in [3.05, 3.63) is 0 Å². The van der Waals surface area contributed by atoms with E-state index in [0.29, 0.717) is 6.42 Å². The lowest BCUT2D eigenvalue weighted by Gasteiger charge is -2.19. The Bertz CT molecular complexity index is 101. The molecule has 0 saturated carbocycles. The van der Waals surface area contributed by atoms with Crippen molar-refractivity contribution in [3.63, 3.8) is 0 Å². The lowest BCUT2D eigenvalue weighted by Crippen LogP contribution is -2.21. The molecule has 0 aromatic carbocycles. The lowest BCUT2D eigenvalue weighted by molar-refractivity contribution is 0.626. The van der Waals surface area contributed by atoms with Crippen molar-refractivity contribution in [1.82, 2.24) is 0 Å². The molecule has 0 nitrogen and oxygen atoms in total. The van der Waals surface area contributed by atoms with Crippen LogP contribution >= 0.6 is 46.4 Å². The molecule has 0 amide bonds. The van der Waals surface area contributed by atoms with Crippen LogP contribution in [-0.4, -0.2) is 9.17 Å². The van der Waals surface area contributed by atoms with Crippen LogP contribution in [0, 0.1) is 0 Å². The summed E-state index contributed by atoms with van der Waals surface area (Å²) in [6.07, 6.45) is 3.88. The summed E-state index contributed by atoms with van der Waals surface area (Å²) in [5, 5.41) is 0. The molecule has 0 aromatic heterocycles. The molecule has 0 atom stereocenters. The summed E-state index contributed by atoms with van der Waals surface area (Å²) < 4.78 is -0.974. The highest BCUT2D eigenvalue weighted by Crippen LogP contribution is 2.36. The Morgan fingerprint density at radius 1 is 1.18 bits per heavy atom. The van der Waals surface area contributed by atoms with E-state index in [1.165, 1.54) is 0 Å². The zero-order valence-corrected chi connectivity index (χ0v) is 9.44. The molecule has 0 N–H and O–H groups in total. The van der Waals surface area contributed by atoms with Crippen LogP contribution in [0.5, 0.6) is 0 Å². The van der Waals surface area contributed by atoms with E-state index < -0.39 is 9.17 Å². The smallest absolute Gasteiger partial charge is 0.102 e. The highest BCUT2D eigenvalue weighted by molar-refractivity contribution is 6.59. The Morgan fingerprint density at radius 2 is 1.73 bits per heavy atom. The molecule has 0 spiro atoms. The number of halogens is 4. The number of unbranched alkanes of at least 4 members (excludes halogenated alkanes) is 2. The topological polar surface area (TPSA) is 0 Å². The second-order valence-electron chi connectivity index (χ2n) is 2.52. The predicted molar refractivity (Wildman–Crippen MR) is 54.1 cm³/mol. The Hall–Kier alpha value is 1.16. The number of rotatable bonds is 5. The van der Waals surface area contributed by atoms with E-state index in [4.69, 9.17) is 46.4 Å². The van der Waals surface area contributed by atoms with Crippen LogP contribution < -0.4 is 0 Å². The summed E-state index contributed by atoms with van der Waals surface area (Å²) in [7, 11) is 0. The van der Waals surface area contributed by atoms with Gasteiger partial charge in [0, 0.05) is 0 Å². The third-order valence-corrected chi connectivity index (χ3v) is 3.44. The van der Waals surface area contributed by atoms with E-state index in [2.05, 4.69) is 6.92 Å². The van der Waals surface area contributed by atoms with Gasteiger partial charge in [-0.25, -0.2) is 0 Å². The average molecular weight is 238 g/mol. The minimum Gasteiger partial charge on any atom is -0.102 e. The van der Waals surface area contributed by atoms with Crippen molar-refractivity contribution in [2.45, 2.75) is 41.8 Å². The predicted octanol–water partition coefficient (Wildman–Crippen LogP) is 4.54. The van der Waals surface area contributed by atoms with Crippen LogP contribution in [0.3, 0.4) is 0 Å². The van der Waals surface area contributed by atoms with Gasteiger partial charge in [0.1, 0.15) is 9.17 Å². The van der Waals surface area contributed by atoms with E-state index in [1.54, 1.807) is 0 Å². The summed E-state index contributed by atoms with van der Waals surface area (Å²) in [5.74, 6) is 0. The molecule has 0 radical (unpaired) electrons. The van der Waals surface area contributed by atoms with Crippen LogP contribution in [0.25, 0.3) is 0 Å². The van der Waals surface area contributed by atoms with Gasteiger partial charge in [-0.15, -0.1) is 23.2 Å². The molecule has 0 aliphatic carbocycles. The van der Waals surface area contributed by atoms with Crippen molar-refractivity contribution >= 4 is 46.4 Å². The Kier molecular flexibility index (Phi) is 6.35. The number of hydrogen-bond acceptors (Lipinski definition) is 0. The van der Waals surface area contributed by atoms with E-state index in [0.717, 1.165) is 19.3 Å². The first kappa shape index (κ1) is 12.2. The zero-order valence-electron chi connectivity index (χ0n) is 6.42. The van der Waals surface area contributed by atoms with Crippen molar-refractivity contribution < 1.29 is 0 Å². The van der Waals surface area contributed by atoms with Crippen LogP contribution in [0.1, 0.15) is 32.6 Å². The van der Waals surface area contributed by atoms with Gasteiger partial charge in [0.2, 0.25) is 0 Å². The minimum absolute atomic E-state index is 0.654. The number of hydrogen-bond donors (Lipinski definition) is 0. The second-order valence-corrected chi connectivity index (χ2v) is 5.16. The van der Waals surface area contributed by atoms with Crippen molar-refractivity contribution in [3.8, 4) is 0 Å². The Balaban J connectivity index is 3.55. The quantitative estimate of drug-likeness (QED) is 0.487. The van der Waals surface area contributed by atoms with Gasteiger partial charge in [0.05, 0.1) is 0 Å². The summed E-state index contributed by atoms with van der Waals surface area (Å²) >= 11 is 22.7. The fraction of sp³-hybridized carbons (Fsp3) is 1.00. The Morgan fingerprint density at radius 3 is 2.09 bits per heavy atom. The second kappa shape index (κ2) is 5.75. The molecule has 0 rings (SSSR count). The highest BCUT2D eigenvalue weighted by Gasteiger charge is 2.31. The van der Waals surface area contributed by atoms with Gasteiger partial charge in [0.25, 0.3) is 0 Å². The maximum atomic E-state index is 5.81. The molecule has 4 heteroatoms. The molecule has 0 aliphatic heterocycles. The van der Waals surface area contributed by atoms with Crippen molar-refractivity contribution in [1.29, 1.82) is 0 Å². The fourth-order valence-corrected chi connectivity index (χ4v) is 1.21. The molecular formula is C7H12Cl4. The highest BCUT2D eigenvalue weighted by atomic mass is 35.5. The first-order valence-corrected chi connectivity index (χ1v) is 5.29. The standard InChI is InChI=1S/C7H12Cl4/c1-2-3-4-5-7(10,11)6(8)9/h6H,2-5H2,1H3. The van der Waals surface area contributed by atoms with Gasteiger partial charge in [-0.3, -0.25) is 0 Å². The largest absolute Gasteiger partial charge is 0.148 e. The summed E-state index contributed by atoms with van der Waals surface area (Å²) in [5.41, 5.74) is 0. The molecule has 0 heterocycles. The normalized spacial score (nSPS) is 12.5. The van der Waals surface area contributed by atoms with Gasteiger partial charge in [-0.05, 0) is 6.42 Å². The molecule has 0 aliphatic rings. The van der Waals surface area contributed by atoms with Crippen LogP contribution in [0.15, 0.2) is 0 Å². The zero-order chi connectivity index (χ0) is 8.91. The van der Waals surface area contributed by atoms with E-state index >= 15 is 0 Å². The van der Waals surface area contributed by atoms with Gasteiger partial charge in [-0.2, -0.15) is 0 Å². The molecule has 0 bridgehead atoms. The van der Waals surface area contributed by atoms with Gasteiger partial charge < -0.3 is 0 Å². The molecule has 0 saturated heterocycles. The molecule has 0 fully saturated rings. The van der Waals surface area contributed by atoms with Gasteiger partial charge in [0.15, 0.2) is 0 Å². The van der Waals surface area contributed by atoms with E-state index in [1.807, 2.05) is 0 Å². The van der Waals surface area contributed by atoms with Crippen LogP contribution in [0.2, 0.25) is 0 Å². The Labute approximate surface area is 88.1 Å². The minimum atomic E-state index is -0.974. The SMILES string of the molecule is CCCCCC(Cl)(Cl)C(Cl)Cl. The first-order chi connectivity index (χ1) is 5.00. The summed E-state index contributed by atoms with van der Waals surface area (Å²) in [6.45, 7) is 2.11.